The second kappa shape index (κ2) is 8.20. The first kappa shape index (κ1) is 17.6. The standard InChI is InChI=1S/C20H22O4/c1-14(2)24-17-9-5-15(6-10-17)7-11-18(21)16-8-12-19(22-3)20(13-16)23-4/h5-14H,1-4H3/b11-7-. The van der Waals surface area contributed by atoms with Crippen LogP contribution in [0, 0.1) is 0 Å². The molecule has 0 fully saturated rings. The van der Waals surface area contributed by atoms with E-state index in [4.69, 9.17) is 14.2 Å². The van der Waals surface area contributed by atoms with Gasteiger partial charge in [-0.3, -0.25) is 4.79 Å². The van der Waals surface area contributed by atoms with E-state index in [1.807, 2.05) is 38.1 Å². The molecule has 2 aromatic carbocycles. The lowest BCUT2D eigenvalue weighted by Gasteiger charge is -2.09. The molecule has 0 aliphatic carbocycles. The van der Waals surface area contributed by atoms with Crippen LogP contribution in [0.4, 0.5) is 0 Å². The maximum Gasteiger partial charge on any atom is 0.185 e. The maximum atomic E-state index is 12.3. The molecule has 24 heavy (non-hydrogen) atoms. The zero-order valence-electron chi connectivity index (χ0n) is 14.4. The van der Waals surface area contributed by atoms with Crippen molar-refractivity contribution in [1.29, 1.82) is 0 Å². The summed E-state index contributed by atoms with van der Waals surface area (Å²) >= 11 is 0. The van der Waals surface area contributed by atoms with Crippen LogP contribution in [-0.2, 0) is 0 Å². The molecular weight excluding hydrogens is 304 g/mol. The summed E-state index contributed by atoms with van der Waals surface area (Å²) in [6.45, 7) is 3.96. The van der Waals surface area contributed by atoms with Crippen molar-refractivity contribution in [2.75, 3.05) is 14.2 Å². The molecule has 0 unspecified atom stereocenters. The molecule has 126 valence electrons. The number of benzene rings is 2. The number of allylic oxidation sites excluding steroid dienone is 1. The summed E-state index contributed by atoms with van der Waals surface area (Å²) in [5.41, 5.74) is 1.48. The molecule has 0 saturated heterocycles. The van der Waals surface area contributed by atoms with Gasteiger partial charge in [-0.25, -0.2) is 0 Å². The van der Waals surface area contributed by atoms with Gasteiger partial charge in [0.25, 0.3) is 0 Å². The molecule has 0 aliphatic rings. The van der Waals surface area contributed by atoms with Crippen LogP contribution in [0.2, 0.25) is 0 Å². The highest BCUT2D eigenvalue weighted by molar-refractivity contribution is 6.07. The molecule has 0 heterocycles. The third kappa shape index (κ3) is 4.62. The summed E-state index contributed by atoms with van der Waals surface area (Å²) < 4.78 is 16.0. The Balaban J connectivity index is 2.10. The fourth-order valence-electron chi connectivity index (χ4n) is 2.19. The Bertz CT molecular complexity index is 715. The number of carbonyl (C=O) groups excluding carboxylic acids is 1. The number of hydrogen-bond donors (Lipinski definition) is 0. The molecule has 0 bridgehead atoms. The Morgan fingerprint density at radius 2 is 1.62 bits per heavy atom. The van der Waals surface area contributed by atoms with Crippen LogP contribution in [0.5, 0.6) is 17.2 Å². The zero-order valence-corrected chi connectivity index (χ0v) is 14.4. The Hall–Kier alpha value is -2.75. The molecule has 0 aromatic heterocycles. The van der Waals surface area contributed by atoms with Crippen molar-refractivity contribution < 1.29 is 19.0 Å². The van der Waals surface area contributed by atoms with Gasteiger partial charge in [0, 0.05) is 5.56 Å². The average Bonchev–Trinajstić information content (AvgIpc) is 2.59. The summed E-state index contributed by atoms with van der Waals surface area (Å²) in [7, 11) is 3.11. The fourth-order valence-corrected chi connectivity index (χ4v) is 2.19. The van der Waals surface area contributed by atoms with E-state index in [1.54, 1.807) is 44.6 Å². The lowest BCUT2D eigenvalue weighted by molar-refractivity contribution is 0.104. The maximum absolute atomic E-state index is 12.3. The smallest absolute Gasteiger partial charge is 0.185 e. The van der Waals surface area contributed by atoms with Gasteiger partial charge in [0.15, 0.2) is 17.3 Å². The van der Waals surface area contributed by atoms with Crippen molar-refractivity contribution >= 4 is 11.9 Å². The molecule has 4 heteroatoms. The van der Waals surface area contributed by atoms with E-state index < -0.39 is 0 Å². The average molecular weight is 326 g/mol. The predicted octanol–water partition coefficient (Wildman–Crippen LogP) is 4.39. The van der Waals surface area contributed by atoms with Gasteiger partial charge in [-0.1, -0.05) is 18.2 Å². The van der Waals surface area contributed by atoms with E-state index in [9.17, 15) is 4.79 Å². The minimum absolute atomic E-state index is 0.0986. The molecule has 2 aromatic rings. The third-order valence-corrected chi connectivity index (χ3v) is 3.35. The zero-order chi connectivity index (χ0) is 17.5. The molecule has 0 spiro atoms. The number of methoxy groups -OCH3 is 2. The molecule has 4 nitrogen and oxygen atoms in total. The van der Waals surface area contributed by atoms with Gasteiger partial charge in [-0.15, -0.1) is 0 Å². The normalized spacial score (nSPS) is 10.9. The van der Waals surface area contributed by atoms with Gasteiger partial charge in [-0.05, 0) is 55.8 Å². The molecule has 0 aliphatic heterocycles. The Morgan fingerprint density at radius 3 is 2.21 bits per heavy atom. The van der Waals surface area contributed by atoms with E-state index in [0.717, 1.165) is 11.3 Å². The predicted molar refractivity (Wildman–Crippen MR) is 95.1 cm³/mol. The third-order valence-electron chi connectivity index (χ3n) is 3.35. The first-order valence-corrected chi connectivity index (χ1v) is 7.74. The number of ketones is 1. The van der Waals surface area contributed by atoms with Gasteiger partial charge in [-0.2, -0.15) is 0 Å². The van der Waals surface area contributed by atoms with Crippen LogP contribution in [0.1, 0.15) is 29.8 Å². The Morgan fingerprint density at radius 1 is 0.958 bits per heavy atom. The van der Waals surface area contributed by atoms with Crippen molar-refractivity contribution in [2.24, 2.45) is 0 Å². The van der Waals surface area contributed by atoms with Crippen molar-refractivity contribution in [3.8, 4) is 17.2 Å². The summed E-state index contributed by atoms with van der Waals surface area (Å²) in [5, 5.41) is 0. The highest BCUT2D eigenvalue weighted by Gasteiger charge is 2.08. The molecule has 2 rings (SSSR count). The Labute approximate surface area is 142 Å². The van der Waals surface area contributed by atoms with E-state index in [2.05, 4.69) is 0 Å². The molecule has 0 amide bonds. The van der Waals surface area contributed by atoms with Crippen LogP contribution < -0.4 is 14.2 Å². The van der Waals surface area contributed by atoms with Crippen LogP contribution in [0.3, 0.4) is 0 Å². The van der Waals surface area contributed by atoms with Crippen molar-refractivity contribution in [1.82, 2.24) is 0 Å². The van der Waals surface area contributed by atoms with Gasteiger partial charge in [0.2, 0.25) is 0 Å². The highest BCUT2D eigenvalue weighted by atomic mass is 16.5. The van der Waals surface area contributed by atoms with E-state index in [1.165, 1.54) is 0 Å². The molecule has 0 radical (unpaired) electrons. The van der Waals surface area contributed by atoms with Crippen LogP contribution in [-0.4, -0.2) is 26.1 Å². The first-order valence-electron chi connectivity index (χ1n) is 7.74. The van der Waals surface area contributed by atoms with Crippen molar-refractivity contribution in [2.45, 2.75) is 20.0 Å². The van der Waals surface area contributed by atoms with E-state index >= 15 is 0 Å². The quantitative estimate of drug-likeness (QED) is 0.559. The molecule has 0 atom stereocenters. The number of rotatable bonds is 7. The van der Waals surface area contributed by atoms with Crippen LogP contribution in [0.25, 0.3) is 6.08 Å². The van der Waals surface area contributed by atoms with Crippen LogP contribution >= 0.6 is 0 Å². The van der Waals surface area contributed by atoms with Crippen LogP contribution in [0.15, 0.2) is 48.5 Å². The fraction of sp³-hybridized carbons (Fsp3) is 0.250. The van der Waals surface area contributed by atoms with Gasteiger partial charge < -0.3 is 14.2 Å². The SMILES string of the molecule is COc1ccc(C(=O)/C=C\c2ccc(OC(C)C)cc2)cc1OC. The molecular formula is C20H22O4. The number of ether oxygens (including phenoxy) is 3. The highest BCUT2D eigenvalue weighted by Crippen LogP contribution is 2.27. The first-order chi connectivity index (χ1) is 11.5. The molecule has 0 N–H and O–H groups in total. The second-order valence-corrected chi connectivity index (χ2v) is 5.50. The van der Waals surface area contributed by atoms with E-state index in [0.29, 0.717) is 17.1 Å². The number of hydrogen-bond acceptors (Lipinski definition) is 4. The minimum Gasteiger partial charge on any atom is -0.493 e. The lowest BCUT2D eigenvalue weighted by atomic mass is 10.1. The largest absolute Gasteiger partial charge is 0.493 e. The van der Waals surface area contributed by atoms with Gasteiger partial charge >= 0.3 is 0 Å². The van der Waals surface area contributed by atoms with Crippen molar-refractivity contribution in [3.63, 3.8) is 0 Å². The minimum atomic E-state index is -0.0986. The summed E-state index contributed by atoms with van der Waals surface area (Å²) in [5.74, 6) is 1.84. The Kier molecular flexibility index (Phi) is 6.01. The second-order valence-electron chi connectivity index (χ2n) is 5.50. The lowest BCUT2D eigenvalue weighted by Crippen LogP contribution is -2.05. The topological polar surface area (TPSA) is 44.8 Å². The van der Waals surface area contributed by atoms with Gasteiger partial charge in [0.05, 0.1) is 20.3 Å². The monoisotopic (exact) mass is 326 g/mol. The summed E-state index contributed by atoms with van der Waals surface area (Å²) in [6.07, 6.45) is 3.45. The summed E-state index contributed by atoms with van der Waals surface area (Å²) in [4.78, 5) is 12.3. The van der Waals surface area contributed by atoms with Gasteiger partial charge in [0.1, 0.15) is 5.75 Å². The van der Waals surface area contributed by atoms with E-state index in [-0.39, 0.29) is 11.9 Å². The number of carbonyl (C=O) groups is 1. The molecule has 0 saturated carbocycles. The van der Waals surface area contributed by atoms with Crippen molar-refractivity contribution in [3.05, 3.63) is 59.7 Å². The summed E-state index contributed by atoms with van der Waals surface area (Å²) in [6, 6.07) is 12.7.